The van der Waals surface area contributed by atoms with E-state index in [1.165, 1.54) is 0 Å². The maximum Gasteiger partial charge on any atom is 0.404 e. The van der Waals surface area contributed by atoms with Crippen molar-refractivity contribution in [2.75, 3.05) is 10.6 Å². The Morgan fingerprint density at radius 3 is 2.53 bits per heavy atom. The summed E-state index contributed by atoms with van der Waals surface area (Å²) in [5.74, 6) is -1.73. The van der Waals surface area contributed by atoms with Crippen molar-refractivity contribution in [2.24, 2.45) is 18.7 Å². The van der Waals surface area contributed by atoms with Crippen LogP contribution in [0.3, 0.4) is 0 Å². The zero-order valence-electron chi connectivity index (χ0n) is 18.2. The van der Waals surface area contributed by atoms with E-state index in [0.29, 0.717) is 5.69 Å². The second-order valence-corrected chi connectivity index (χ2v) is 7.90. The minimum absolute atomic E-state index is 0.0578. The van der Waals surface area contributed by atoms with Gasteiger partial charge in [0.15, 0.2) is 11.6 Å². The van der Waals surface area contributed by atoms with Crippen LogP contribution in [0, 0.1) is 11.7 Å². The smallest absolute Gasteiger partial charge is 0.404 e. The van der Waals surface area contributed by atoms with Crippen molar-refractivity contribution < 1.29 is 19.1 Å². The molecule has 0 spiro atoms. The van der Waals surface area contributed by atoms with E-state index >= 15 is 0 Å². The number of carboxylic acid groups (broad SMARTS) is 1. The third-order valence-electron chi connectivity index (χ3n) is 5.16. The maximum absolute atomic E-state index is 14.8. The number of primary amides is 1. The fourth-order valence-corrected chi connectivity index (χ4v) is 3.54. The summed E-state index contributed by atoms with van der Waals surface area (Å²) in [5, 5.41) is 22.5. The van der Waals surface area contributed by atoms with Gasteiger partial charge in [0.2, 0.25) is 0 Å². The molecular formula is C21H26FN7O3. The normalized spacial score (nSPS) is 13.1. The van der Waals surface area contributed by atoms with E-state index in [9.17, 15) is 14.0 Å². The van der Waals surface area contributed by atoms with Crippen LogP contribution in [0.25, 0.3) is 10.9 Å². The molecule has 0 saturated carbocycles. The number of hydrogen-bond donors (Lipinski definition) is 5. The lowest BCUT2D eigenvalue weighted by Gasteiger charge is -2.29. The lowest BCUT2D eigenvalue weighted by Crippen LogP contribution is -2.47. The van der Waals surface area contributed by atoms with Crippen molar-refractivity contribution in [1.82, 2.24) is 20.1 Å². The first-order valence-corrected chi connectivity index (χ1v) is 10.0. The monoisotopic (exact) mass is 443 g/mol. The van der Waals surface area contributed by atoms with E-state index in [2.05, 4.69) is 26.0 Å². The number of amides is 2. The minimum Gasteiger partial charge on any atom is -0.465 e. The van der Waals surface area contributed by atoms with E-state index < -0.39 is 29.9 Å². The van der Waals surface area contributed by atoms with Crippen molar-refractivity contribution in [1.29, 1.82) is 0 Å². The summed E-state index contributed by atoms with van der Waals surface area (Å²) in [6.07, 6.45) is 0.542. The number of fused-ring (bicyclic) bond motifs is 1. The van der Waals surface area contributed by atoms with Gasteiger partial charge in [-0.25, -0.2) is 14.2 Å². The number of hydrogen-bond acceptors (Lipinski definition) is 6. The fourth-order valence-electron chi connectivity index (χ4n) is 3.54. The predicted molar refractivity (Wildman–Crippen MR) is 120 cm³/mol. The third-order valence-corrected chi connectivity index (χ3v) is 5.16. The molecule has 3 aromatic rings. The van der Waals surface area contributed by atoms with Crippen molar-refractivity contribution >= 4 is 40.2 Å². The van der Waals surface area contributed by atoms with Crippen LogP contribution in [0.2, 0.25) is 0 Å². The lowest BCUT2D eigenvalue weighted by molar-refractivity contribution is 0.1000. The van der Waals surface area contributed by atoms with Gasteiger partial charge in [-0.2, -0.15) is 5.10 Å². The molecule has 0 unspecified atom stereocenters. The van der Waals surface area contributed by atoms with Gasteiger partial charge in [0.05, 0.1) is 17.3 Å². The number of benzene rings is 1. The number of aromatic nitrogens is 3. The van der Waals surface area contributed by atoms with Crippen LogP contribution in [-0.4, -0.2) is 44.0 Å². The zero-order valence-corrected chi connectivity index (χ0v) is 18.2. The molecule has 0 aliphatic heterocycles. The van der Waals surface area contributed by atoms with E-state index in [0.717, 1.165) is 17.0 Å². The molecule has 3 rings (SSSR count). The second-order valence-electron chi connectivity index (χ2n) is 7.90. The molecule has 0 aliphatic carbocycles. The van der Waals surface area contributed by atoms with Crippen LogP contribution in [0.15, 0.2) is 30.5 Å². The molecule has 2 aromatic heterocycles. The Labute approximate surface area is 184 Å². The number of carbonyl (C=O) groups excluding carboxylic acids is 1. The standard InChI is InChI=1S/C21H26FN7O3/c1-10(2)17(11(3)25-21(31)32)27-20-15(22)8-14(18(23)30)19(28-20)26-13-6-5-12-9-24-29(4)16(12)7-13/h5-11,17,25H,1-4H3,(H2,23,30)(H,31,32)(H2,26,27,28)/t11-,17+/m0/s1. The molecule has 0 radical (unpaired) electrons. The van der Waals surface area contributed by atoms with Gasteiger partial charge in [-0.3, -0.25) is 9.48 Å². The van der Waals surface area contributed by atoms with Gasteiger partial charge in [0.1, 0.15) is 5.82 Å². The predicted octanol–water partition coefficient (Wildman–Crippen LogP) is 3.04. The van der Waals surface area contributed by atoms with Crippen molar-refractivity contribution in [3.63, 3.8) is 0 Å². The van der Waals surface area contributed by atoms with Gasteiger partial charge in [-0.15, -0.1) is 0 Å². The zero-order chi connectivity index (χ0) is 23.6. The summed E-state index contributed by atoms with van der Waals surface area (Å²) in [6, 6.07) is 5.46. The Bertz CT molecular complexity index is 1160. The van der Waals surface area contributed by atoms with Crippen LogP contribution >= 0.6 is 0 Å². The first kappa shape index (κ1) is 22.8. The van der Waals surface area contributed by atoms with Gasteiger partial charge < -0.3 is 26.8 Å². The fraction of sp³-hybridized carbons (Fsp3) is 0.333. The Morgan fingerprint density at radius 1 is 1.19 bits per heavy atom. The van der Waals surface area contributed by atoms with Crippen LogP contribution in [0.4, 0.5) is 26.5 Å². The maximum atomic E-state index is 14.8. The molecule has 0 saturated heterocycles. The molecule has 0 aliphatic rings. The summed E-state index contributed by atoms with van der Waals surface area (Å²) >= 11 is 0. The number of nitrogens with one attached hydrogen (secondary N) is 3. The number of pyridine rings is 1. The van der Waals surface area contributed by atoms with E-state index in [1.807, 2.05) is 26.0 Å². The van der Waals surface area contributed by atoms with Gasteiger partial charge in [0, 0.05) is 30.2 Å². The molecule has 11 heteroatoms. The van der Waals surface area contributed by atoms with Gasteiger partial charge in [-0.05, 0) is 37.1 Å². The molecule has 0 fully saturated rings. The number of anilines is 3. The number of aryl methyl sites for hydroxylation is 1. The van der Waals surface area contributed by atoms with E-state index in [-0.39, 0.29) is 23.1 Å². The topological polar surface area (TPSA) is 147 Å². The van der Waals surface area contributed by atoms with Crippen LogP contribution in [0.1, 0.15) is 31.1 Å². The Hall–Kier alpha value is -3.89. The van der Waals surface area contributed by atoms with E-state index in [1.54, 1.807) is 30.9 Å². The summed E-state index contributed by atoms with van der Waals surface area (Å²) in [4.78, 5) is 27.2. The average Bonchev–Trinajstić information content (AvgIpc) is 3.07. The van der Waals surface area contributed by atoms with Crippen LogP contribution < -0.4 is 21.7 Å². The molecule has 2 heterocycles. The van der Waals surface area contributed by atoms with Crippen molar-refractivity contribution in [3.8, 4) is 0 Å². The molecule has 2 amide bonds. The summed E-state index contributed by atoms with van der Waals surface area (Å²) < 4.78 is 16.5. The van der Waals surface area contributed by atoms with Gasteiger partial charge in [0.25, 0.3) is 5.91 Å². The first-order valence-electron chi connectivity index (χ1n) is 10.0. The highest BCUT2D eigenvalue weighted by Crippen LogP contribution is 2.27. The Kier molecular flexibility index (Phi) is 6.47. The minimum atomic E-state index is -1.18. The summed E-state index contributed by atoms with van der Waals surface area (Å²) in [7, 11) is 1.80. The molecule has 10 nitrogen and oxygen atoms in total. The SMILES string of the molecule is CC(C)[C@@H](Nc1nc(Nc2ccc3cnn(C)c3c2)c(C(N)=O)cc1F)[C@H](C)NC(=O)O. The Balaban J connectivity index is 1.97. The summed E-state index contributed by atoms with van der Waals surface area (Å²) in [5.41, 5.74) is 6.79. The first-order chi connectivity index (χ1) is 15.1. The highest BCUT2D eigenvalue weighted by Gasteiger charge is 2.25. The highest BCUT2D eigenvalue weighted by molar-refractivity contribution is 5.99. The third kappa shape index (κ3) is 4.88. The molecule has 2 atom stereocenters. The van der Waals surface area contributed by atoms with Crippen LogP contribution in [0.5, 0.6) is 0 Å². The van der Waals surface area contributed by atoms with Crippen molar-refractivity contribution in [3.05, 3.63) is 41.8 Å². The van der Waals surface area contributed by atoms with E-state index in [4.69, 9.17) is 10.8 Å². The molecule has 1 aromatic carbocycles. The lowest BCUT2D eigenvalue weighted by atomic mass is 9.97. The number of nitrogens with two attached hydrogens (primary N) is 1. The number of carbonyl (C=O) groups is 2. The number of nitrogens with zero attached hydrogens (tertiary/aromatic N) is 3. The van der Waals surface area contributed by atoms with Crippen LogP contribution in [-0.2, 0) is 7.05 Å². The molecule has 0 bridgehead atoms. The number of rotatable bonds is 8. The molecule has 32 heavy (non-hydrogen) atoms. The summed E-state index contributed by atoms with van der Waals surface area (Å²) in [6.45, 7) is 5.41. The van der Waals surface area contributed by atoms with Crippen molar-refractivity contribution in [2.45, 2.75) is 32.9 Å². The van der Waals surface area contributed by atoms with Gasteiger partial charge in [-0.1, -0.05) is 13.8 Å². The molecule has 6 N–H and O–H groups in total. The number of halogens is 1. The second kappa shape index (κ2) is 9.08. The largest absolute Gasteiger partial charge is 0.465 e. The average molecular weight is 443 g/mol. The van der Waals surface area contributed by atoms with Gasteiger partial charge >= 0.3 is 6.09 Å². The Morgan fingerprint density at radius 2 is 1.91 bits per heavy atom. The molecule has 170 valence electrons. The quantitative estimate of drug-likeness (QED) is 0.359. The highest BCUT2D eigenvalue weighted by atomic mass is 19.1. The molecular weight excluding hydrogens is 417 g/mol.